The standard InChI is InChI=1S/C21H23N3O.5CO.W/c1-4-25-15-20-21(19-8-6-5-7-9-19)24(23-22-20)14-17-10-12-18(13-11-17)16(2)3;5*1-2;/h5-13,16H,4,14H2,1-3H3;;;;;;. The molecular formula is C26H23N3O6W. The quantitative estimate of drug-likeness (QED) is 0.281. The molecule has 2 aromatic carbocycles. The third kappa shape index (κ3) is 12.5. The summed E-state index contributed by atoms with van der Waals surface area (Å²) in [5.41, 5.74) is 5.51. The fraction of sp³-hybridized carbons (Fsp3) is 0.231. The second kappa shape index (κ2) is 24.9. The summed E-state index contributed by atoms with van der Waals surface area (Å²) in [6, 6.07) is 19.0. The van der Waals surface area contributed by atoms with E-state index in [1.807, 2.05) is 29.8 Å². The number of aromatic nitrogens is 3. The Kier molecular flexibility index (Phi) is 25.8. The van der Waals surface area contributed by atoms with Crippen LogP contribution in [-0.2, 0) is 53.9 Å². The molecule has 0 saturated carbocycles. The molecule has 0 fully saturated rings. The molecule has 36 heavy (non-hydrogen) atoms. The topological polar surface area (TPSA) is 139 Å². The maximum absolute atomic E-state index is 7.50. The van der Waals surface area contributed by atoms with Crippen LogP contribution in [0.4, 0.5) is 0 Å². The molecule has 0 amide bonds. The normalized spacial score (nSPS) is 8.28. The summed E-state index contributed by atoms with van der Waals surface area (Å²) in [4.78, 5) is 0. The Balaban J connectivity index is -0.000000973. The van der Waals surface area contributed by atoms with E-state index in [4.69, 9.17) is 28.0 Å². The van der Waals surface area contributed by atoms with Gasteiger partial charge in [0.05, 0.1) is 0 Å². The van der Waals surface area contributed by atoms with Crippen LogP contribution in [0.5, 0.6) is 0 Å². The molecular weight excluding hydrogens is 634 g/mol. The van der Waals surface area contributed by atoms with Gasteiger partial charge in [-0.3, -0.25) is 0 Å². The molecule has 1 aromatic heterocycles. The van der Waals surface area contributed by atoms with E-state index in [-0.39, 0.29) is 0 Å². The van der Waals surface area contributed by atoms with E-state index in [2.05, 4.69) is 93.8 Å². The van der Waals surface area contributed by atoms with Gasteiger partial charge in [0.15, 0.2) is 0 Å². The Bertz CT molecular complexity index is 1060. The molecule has 1 heterocycles. The van der Waals surface area contributed by atoms with Crippen molar-refractivity contribution in [2.75, 3.05) is 6.61 Å². The van der Waals surface area contributed by atoms with Crippen molar-refractivity contribution in [3.63, 3.8) is 0 Å². The summed E-state index contributed by atoms with van der Waals surface area (Å²) >= 11 is 1.26. The predicted octanol–water partition coefficient (Wildman–Crippen LogP) is 3.99. The van der Waals surface area contributed by atoms with Crippen molar-refractivity contribution in [1.29, 1.82) is 0 Å². The van der Waals surface area contributed by atoms with Crippen molar-refractivity contribution >= 4 is 4.08 Å². The van der Waals surface area contributed by atoms with Crippen molar-refractivity contribution in [2.45, 2.75) is 33.2 Å². The summed E-state index contributed by atoms with van der Waals surface area (Å²) in [5.74, 6) is 0.535. The van der Waals surface area contributed by atoms with Gasteiger partial charge in [-0.25, -0.2) is 0 Å². The summed E-state index contributed by atoms with van der Waals surface area (Å²) < 4.78 is 46.1. The molecule has 3 rings (SSSR count). The van der Waals surface area contributed by atoms with Crippen molar-refractivity contribution in [3.8, 4) is 11.3 Å². The van der Waals surface area contributed by atoms with E-state index in [1.54, 1.807) is 0 Å². The number of hydrogen-bond acceptors (Lipinski definition) is 3. The van der Waals surface area contributed by atoms with E-state index in [1.165, 1.54) is 30.5 Å². The Labute approximate surface area is 221 Å². The van der Waals surface area contributed by atoms with Gasteiger partial charge >= 0.3 is 222 Å². The summed E-state index contributed by atoms with van der Waals surface area (Å²) in [5, 5.41) is 8.85. The summed E-state index contributed by atoms with van der Waals surface area (Å²) in [7, 11) is 0. The van der Waals surface area contributed by atoms with Crippen LogP contribution in [0.1, 0.15) is 43.5 Å². The molecule has 9 nitrogen and oxygen atoms in total. The first-order valence-corrected chi connectivity index (χ1v) is 11.3. The fourth-order valence-corrected chi connectivity index (χ4v) is 3.74. The molecule has 0 atom stereocenters. The molecule has 0 unspecified atom stereocenters. The van der Waals surface area contributed by atoms with E-state index in [0.29, 0.717) is 19.1 Å². The van der Waals surface area contributed by atoms with Gasteiger partial charge in [0.1, 0.15) is 0 Å². The minimum absolute atomic E-state index is 0.535. The molecule has 0 aliphatic carbocycles. The molecule has 0 bridgehead atoms. The van der Waals surface area contributed by atoms with E-state index < -0.39 is 0 Å². The van der Waals surface area contributed by atoms with Crippen molar-refractivity contribution in [1.82, 2.24) is 15.0 Å². The Morgan fingerprint density at radius 2 is 1.36 bits per heavy atom. The third-order valence-corrected chi connectivity index (χ3v) is 5.35. The number of benzene rings is 2. The van der Waals surface area contributed by atoms with Crippen LogP contribution in [0, 0.1) is 33.3 Å². The molecule has 0 radical (unpaired) electrons. The SMILES string of the molecule is CCO[C](=[W])c1nnn(Cc2ccc(C(C)C)cc2)c1-c1ccccc1.[C-]#[O+].[C-]#[O+].[C-]#[O+].[C-]#[O+].[C-]#[O+]. The van der Waals surface area contributed by atoms with Crippen molar-refractivity contribution < 1.29 is 47.4 Å². The first-order chi connectivity index (χ1) is 17.6. The van der Waals surface area contributed by atoms with E-state index >= 15 is 0 Å². The first-order valence-electron chi connectivity index (χ1n) is 9.87. The zero-order valence-corrected chi connectivity index (χ0v) is 22.8. The van der Waals surface area contributed by atoms with Crippen molar-refractivity contribution in [3.05, 3.63) is 105 Å². The van der Waals surface area contributed by atoms with E-state index in [0.717, 1.165) is 21.0 Å². The Morgan fingerprint density at radius 3 is 1.81 bits per heavy atom. The number of ether oxygens (including phenoxy) is 1. The molecule has 3 aromatic rings. The van der Waals surface area contributed by atoms with Gasteiger partial charge in [0, 0.05) is 0 Å². The molecule has 184 valence electrons. The van der Waals surface area contributed by atoms with Gasteiger partial charge in [0.25, 0.3) is 0 Å². The van der Waals surface area contributed by atoms with Gasteiger partial charge in [-0.2, -0.15) is 0 Å². The molecule has 10 heteroatoms. The fourth-order valence-electron chi connectivity index (χ4n) is 2.82. The Morgan fingerprint density at radius 1 is 0.861 bits per heavy atom. The van der Waals surface area contributed by atoms with Gasteiger partial charge in [-0.15, -0.1) is 0 Å². The monoisotopic (exact) mass is 657 g/mol. The van der Waals surface area contributed by atoms with E-state index in [9.17, 15) is 0 Å². The minimum atomic E-state index is 0.535. The van der Waals surface area contributed by atoms with Gasteiger partial charge in [0.2, 0.25) is 0 Å². The van der Waals surface area contributed by atoms with Gasteiger partial charge in [-0.1, -0.05) is 0 Å². The van der Waals surface area contributed by atoms with Crippen LogP contribution in [0.3, 0.4) is 0 Å². The second-order valence-electron chi connectivity index (χ2n) is 6.43. The molecule has 0 saturated heterocycles. The van der Waals surface area contributed by atoms with Gasteiger partial charge < -0.3 is 0 Å². The molecule has 0 spiro atoms. The molecule has 0 aliphatic rings. The van der Waals surface area contributed by atoms with Crippen LogP contribution in [-0.4, -0.2) is 25.7 Å². The zero-order valence-electron chi connectivity index (χ0n) is 19.9. The molecule has 0 aliphatic heterocycles. The zero-order chi connectivity index (χ0) is 28.5. The average molecular weight is 657 g/mol. The van der Waals surface area contributed by atoms with Gasteiger partial charge in [-0.05, 0) is 0 Å². The average Bonchev–Trinajstić information content (AvgIpc) is 3.39. The number of hydrogen-bond donors (Lipinski definition) is 0. The summed E-state index contributed by atoms with van der Waals surface area (Å²) in [6.07, 6.45) is 0. The molecule has 0 N–H and O–H groups in total. The van der Waals surface area contributed by atoms with Crippen LogP contribution in [0.15, 0.2) is 54.6 Å². The van der Waals surface area contributed by atoms with Crippen LogP contribution >= 0.6 is 0 Å². The van der Waals surface area contributed by atoms with Crippen LogP contribution in [0.2, 0.25) is 0 Å². The van der Waals surface area contributed by atoms with Crippen LogP contribution < -0.4 is 0 Å². The summed E-state index contributed by atoms with van der Waals surface area (Å²) in [6.45, 7) is 30.2. The van der Waals surface area contributed by atoms with Crippen LogP contribution in [0.25, 0.3) is 11.3 Å². The first kappa shape index (κ1) is 37.3. The third-order valence-electron chi connectivity index (χ3n) is 4.23. The number of rotatable bonds is 7. The second-order valence-corrected chi connectivity index (χ2v) is 7.76. The predicted molar refractivity (Wildman–Crippen MR) is 120 cm³/mol. The van der Waals surface area contributed by atoms with Crippen molar-refractivity contribution in [2.24, 2.45) is 0 Å². The Hall–Kier alpha value is -3.20. The maximum atomic E-state index is 7.50. The number of nitrogens with zero attached hydrogens (tertiary/aromatic N) is 3.